The first-order chi connectivity index (χ1) is 8.72. The highest BCUT2D eigenvalue weighted by molar-refractivity contribution is 5.68. The summed E-state index contributed by atoms with van der Waals surface area (Å²) < 4.78 is 7.10. The molecular formula is C10H13N5O3. The monoisotopic (exact) mass is 251 g/mol. The summed E-state index contributed by atoms with van der Waals surface area (Å²) in [6.07, 6.45) is 1.04. The van der Waals surface area contributed by atoms with E-state index >= 15 is 0 Å². The molecule has 1 fully saturated rings. The molecule has 1 aliphatic rings. The lowest BCUT2D eigenvalue weighted by Crippen LogP contribution is -2.35. The quantitative estimate of drug-likeness (QED) is 0.588. The number of nitrogens with zero attached hydrogens (tertiary/aromatic N) is 4. The van der Waals surface area contributed by atoms with Crippen LogP contribution in [0, 0.1) is 0 Å². The van der Waals surface area contributed by atoms with Crippen LogP contribution in [0.5, 0.6) is 0 Å². The number of aliphatic hydroxyl groups is 2. The topological polar surface area (TPSA) is 119 Å². The Hall–Kier alpha value is -1.61. The summed E-state index contributed by atoms with van der Waals surface area (Å²) in [6, 6.07) is 0. The molecule has 1 aliphatic heterocycles. The summed E-state index contributed by atoms with van der Waals surface area (Å²) in [4.78, 5) is 12.0. The molecular weight excluding hydrogens is 238 g/mol. The van der Waals surface area contributed by atoms with Crippen molar-refractivity contribution in [3.63, 3.8) is 0 Å². The summed E-state index contributed by atoms with van der Waals surface area (Å²) in [5.74, 6) is 0. The third kappa shape index (κ3) is 1.58. The molecule has 0 aliphatic carbocycles. The predicted molar refractivity (Wildman–Crippen MR) is 60.3 cm³/mol. The van der Waals surface area contributed by atoms with Gasteiger partial charge in [-0.25, -0.2) is 15.0 Å². The highest BCUT2D eigenvalue weighted by Crippen LogP contribution is 2.30. The van der Waals surface area contributed by atoms with Crippen molar-refractivity contribution in [1.29, 1.82) is 0 Å². The number of hydrogen-bond donors (Lipinski definition) is 3. The zero-order valence-corrected chi connectivity index (χ0v) is 9.42. The molecule has 0 spiro atoms. The van der Waals surface area contributed by atoms with E-state index < -0.39 is 24.5 Å². The van der Waals surface area contributed by atoms with Crippen LogP contribution >= 0.6 is 0 Å². The molecule has 2 aromatic rings. The number of rotatable bonds is 2. The molecule has 0 saturated carbocycles. The van der Waals surface area contributed by atoms with E-state index in [4.69, 9.17) is 10.5 Å². The lowest BCUT2D eigenvalue weighted by atomic mass is 10.1. The fourth-order valence-electron chi connectivity index (χ4n) is 2.12. The first-order valence-electron chi connectivity index (χ1n) is 5.56. The zero-order valence-electron chi connectivity index (χ0n) is 9.42. The first-order valence-corrected chi connectivity index (χ1v) is 5.56. The van der Waals surface area contributed by atoms with Crippen molar-refractivity contribution in [2.45, 2.75) is 24.5 Å². The molecule has 4 atom stereocenters. The molecule has 4 N–H and O–H groups in total. The smallest absolute Gasteiger partial charge is 0.165 e. The zero-order chi connectivity index (χ0) is 12.7. The molecule has 0 unspecified atom stereocenters. The normalized spacial score (nSPS) is 32.2. The Morgan fingerprint density at radius 3 is 2.89 bits per heavy atom. The van der Waals surface area contributed by atoms with Gasteiger partial charge in [0.1, 0.15) is 30.2 Å². The molecule has 18 heavy (non-hydrogen) atoms. The molecule has 0 aromatic carbocycles. The van der Waals surface area contributed by atoms with Gasteiger partial charge in [-0.15, -0.1) is 0 Å². The average molecular weight is 251 g/mol. The van der Waals surface area contributed by atoms with Gasteiger partial charge in [-0.05, 0) is 0 Å². The summed E-state index contributed by atoms with van der Waals surface area (Å²) in [7, 11) is 0. The van der Waals surface area contributed by atoms with Crippen LogP contribution in [0.15, 0.2) is 18.9 Å². The van der Waals surface area contributed by atoms with Crippen molar-refractivity contribution in [2.75, 3.05) is 6.54 Å². The number of hydrogen-bond acceptors (Lipinski definition) is 7. The Balaban J connectivity index is 2.00. The second-order valence-electron chi connectivity index (χ2n) is 4.17. The van der Waals surface area contributed by atoms with Crippen LogP contribution in [0.2, 0.25) is 0 Å². The number of nitrogens with two attached hydrogens (primary N) is 1. The lowest BCUT2D eigenvalue weighted by Gasteiger charge is -2.16. The Kier molecular flexibility index (Phi) is 2.71. The number of aliphatic hydroxyl groups excluding tert-OH is 2. The Bertz CT molecular complexity index is 559. The Morgan fingerprint density at radius 2 is 2.17 bits per heavy atom. The number of imidazole rings is 1. The molecule has 0 radical (unpaired) electrons. The van der Waals surface area contributed by atoms with Crippen molar-refractivity contribution >= 4 is 11.2 Å². The summed E-state index contributed by atoms with van der Waals surface area (Å²) in [5, 5.41) is 19.7. The SMILES string of the molecule is NC[C@H]1O[C@@H](n2cnc3cncnc32)[C@H](O)[C@@H]1O. The van der Waals surface area contributed by atoms with E-state index in [9.17, 15) is 10.2 Å². The van der Waals surface area contributed by atoms with E-state index in [1.165, 1.54) is 12.7 Å². The largest absolute Gasteiger partial charge is 0.387 e. The van der Waals surface area contributed by atoms with Crippen LogP contribution < -0.4 is 5.73 Å². The second kappa shape index (κ2) is 4.25. The summed E-state index contributed by atoms with van der Waals surface area (Å²) in [5.41, 5.74) is 6.61. The highest BCUT2D eigenvalue weighted by atomic mass is 16.6. The summed E-state index contributed by atoms with van der Waals surface area (Å²) in [6.45, 7) is 0.135. The van der Waals surface area contributed by atoms with E-state index in [2.05, 4.69) is 15.0 Å². The van der Waals surface area contributed by atoms with Crippen molar-refractivity contribution in [1.82, 2.24) is 19.5 Å². The van der Waals surface area contributed by atoms with Gasteiger partial charge in [0, 0.05) is 6.54 Å². The van der Waals surface area contributed by atoms with Gasteiger partial charge in [0.15, 0.2) is 11.9 Å². The van der Waals surface area contributed by atoms with Crippen LogP contribution in [-0.4, -0.2) is 54.6 Å². The van der Waals surface area contributed by atoms with Gasteiger partial charge in [0.2, 0.25) is 0 Å². The molecule has 3 rings (SSSR count). The lowest BCUT2D eigenvalue weighted by molar-refractivity contribution is -0.0322. The van der Waals surface area contributed by atoms with Crippen LogP contribution in [0.3, 0.4) is 0 Å². The van der Waals surface area contributed by atoms with Gasteiger partial charge in [-0.1, -0.05) is 0 Å². The van der Waals surface area contributed by atoms with E-state index in [0.717, 1.165) is 0 Å². The molecule has 0 amide bonds. The molecule has 3 heterocycles. The number of ether oxygens (including phenoxy) is 1. The van der Waals surface area contributed by atoms with E-state index in [0.29, 0.717) is 11.2 Å². The Labute approximate surface area is 102 Å². The molecule has 96 valence electrons. The van der Waals surface area contributed by atoms with Crippen molar-refractivity contribution in [3.8, 4) is 0 Å². The fourth-order valence-corrected chi connectivity index (χ4v) is 2.12. The third-order valence-corrected chi connectivity index (χ3v) is 3.08. The van der Waals surface area contributed by atoms with Crippen LogP contribution in [0.1, 0.15) is 6.23 Å². The molecule has 0 bridgehead atoms. The molecule has 1 saturated heterocycles. The third-order valence-electron chi connectivity index (χ3n) is 3.08. The van der Waals surface area contributed by atoms with E-state index in [-0.39, 0.29) is 6.54 Å². The maximum Gasteiger partial charge on any atom is 0.165 e. The van der Waals surface area contributed by atoms with E-state index in [1.54, 1.807) is 10.8 Å². The average Bonchev–Trinajstić information content (AvgIpc) is 2.93. The maximum atomic E-state index is 9.97. The standard InChI is InChI=1S/C10H13N5O3/c11-1-6-7(16)8(17)10(18-6)15-4-14-5-2-12-3-13-9(5)15/h2-4,6-8,10,16-17H,1,11H2/t6-,7-,8-,10-/m1/s1. The van der Waals surface area contributed by atoms with Crippen molar-refractivity contribution < 1.29 is 14.9 Å². The first kappa shape index (κ1) is 11.5. The predicted octanol–water partition coefficient (Wildman–Crippen LogP) is -1.60. The minimum absolute atomic E-state index is 0.135. The van der Waals surface area contributed by atoms with Gasteiger partial charge in [-0.2, -0.15) is 0 Å². The second-order valence-corrected chi connectivity index (χ2v) is 4.17. The number of fused-ring (bicyclic) bond motifs is 1. The highest BCUT2D eigenvalue weighted by Gasteiger charge is 2.43. The summed E-state index contributed by atoms with van der Waals surface area (Å²) >= 11 is 0. The van der Waals surface area contributed by atoms with E-state index in [1.807, 2.05) is 0 Å². The minimum Gasteiger partial charge on any atom is -0.387 e. The fraction of sp³-hybridized carbons (Fsp3) is 0.500. The van der Waals surface area contributed by atoms with Gasteiger partial charge in [0.05, 0.1) is 12.5 Å². The number of aromatic nitrogens is 4. The maximum absolute atomic E-state index is 9.97. The molecule has 2 aromatic heterocycles. The van der Waals surface area contributed by atoms with Crippen LogP contribution in [0.25, 0.3) is 11.2 Å². The van der Waals surface area contributed by atoms with Gasteiger partial charge in [0.25, 0.3) is 0 Å². The van der Waals surface area contributed by atoms with Gasteiger partial charge >= 0.3 is 0 Å². The van der Waals surface area contributed by atoms with Crippen LogP contribution in [-0.2, 0) is 4.74 Å². The van der Waals surface area contributed by atoms with Gasteiger partial charge < -0.3 is 20.7 Å². The molecule has 8 heteroatoms. The Morgan fingerprint density at radius 1 is 1.33 bits per heavy atom. The molecule has 8 nitrogen and oxygen atoms in total. The van der Waals surface area contributed by atoms with Crippen molar-refractivity contribution in [3.05, 3.63) is 18.9 Å². The van der Waals surface area contributed by atoms with Crippen molar-refractivity contribution in [2.24, 2.45) is 5.73 Å². The van der Waals surface area contributed by atoms with Crippen LogP contribution in [0.4, 0.5) is 0 Å². The van der Waals surface area contributed by atoms with Gasteiger partial charge in [-0.3, -0.25) is 4.57 Å². The minimum atomic E-state index is -1.06.